The van der Waals surface area contributed by atoms with E-state index in [2.05, 4.69) is 92.0 Å². The van der Waals surface area contributed by atoms with Gasteiger partial charge >= 0.3 is 0 Å². The van der Waals surface area contributed by atoms with Gasteiger partial charge in [-0.15, -0.1) is 0 Å². The Balaban J connectivity index is 1.80. The molecule has 0 bridgehead atoms. The number of fused-ring (bicyclic) bond motifs is 2. The Labute approximate surface area is 147 Å². The first kappa shape index (κ1) is 15.3. The van der Waals surface area contributed by atoms with E-state index in [9.17, 15) is 0 Å². The van der Waals surface area contributed by atoms with Gasteiger partial charge in [-0.2, -0.15) is 4.57 Å². The van der Waals surface area contributed by atoms with Crippen molar-refractivity contribution in [3.05, 3.63) is 70.4 Å². The van der Waals surface area contributed by atoms with Gasteiger partial charge in [0.25, 0.3) is 0 Å². The Morgan fingerprint density at radius 2 is 1.83 bits per heavy atom. The van der Waals surface area contributed by atoms with E-state index in [0.29, 0.717) is 0 Å². The molecular weight excluding hydrogens is 312 g/mol. The fourth-order valence-corrected chi connectivity index (χ4v) is 4.75. The molecule has 2 aromatic carbocycles. The number of aromatic nitrogens is 1. The molecule has 0 saturated heterocycles. The molecule has 0 spiro atoms. The molecule has 1 aromatic heterocycles. The highest BCUT2D eigenvalue weighted by atomic mass is 32.2. The van der Waals surface area contributed by atoms with Gasteiger partial charge in [-0.05, 0) is 43.2 Å². The highest BCUT2D eigenvalue weighted by Gasteiger charge is 2.25. The van der Waals surface area contributed by atoms with Crippen LogP contribution in [0.1, 0.15) is 16.8 Å². The molecule has 0 fully saturated rings. The second kappa shape index (κ2) is 5.67. The van der Waals surface area contributed by atoms with Gasteiger partial charge < -0.3 is 4.90 Å². The molecule has 3 aromatic rings. The smallest absolute Gasteiger partial charge is 0.212 e. The van der Waals surface area contributed by atoms with Crippen molar-refractivity contribution in [1.82, 2.24) is 0 Å². The van der Waals surface area contributed by atoms with Crippen molar-refractivity contribution in [2.24, 2.45) is 7.05 Å². The normalized spacial score (nSPS) is 15.3. The third-order valence-electron chi connectivity index (χ3n) is 4.68. The Bertz CT molecular complexity index is 989. The molecule has 1 aliphatic heterocycles. The summed E-state index contributed by atoms with van der Waals surface area (Å²) < 4.78 is 2.26. The molecule has 24 heavy (non-hydrogen) atoms. The van der Waals surface area contributed by atoms with Crippen molar-refractivity contribution in [2.45, 2.75) is 18.7 Å². The van der Waals surface area contributed by atoms with Crippen LogP contribution in [0, 0.1) is 13.8 Å². The van der Waals surface area contributed by atoms with Crippen LogP contribution in [0.15, 0.2) is 58.5 Å². The number of pyridine rings is 1. The molecule has 0 radical (unpaired) electrons. The Hall–Kier alpha value is -2.26. The average molecular weight is 333 g/mol. The summed E-state index contributed by atoms with van der Waals surface area (Å²) >= 11 is 1.86. The van der Waals surface area contributed by atoms with Crippen molar-refractivity contribution in [2.75, 3.05) is 11.9 Å². The lowest BCUT2D eigenvalue weighted by Crippen LogP contribution is -2.32. The van der Waals surface area contributed by atoms with Crippen molar-refractivity contribution in [3.8, 4) is 0 Å². The second-order valence-corrected chi connectivity index (χ2v) is 7.51. The summed E-state index contributed by atoms with van der Waals surface area (Å²) in [4.78, 5) is 3.66. The van der Waals surface area contributed by atoms with Gasteiger partial charge in [0, 0.05) is 35.5 Å². The van der Waals surface area contributed by atoms with Crippen LogP contribution in [0.3, 0.4) is 0 Å². The Morgan fingerprint density at radius 3 is 2.67 bits per heavy atom. The van der Waals surface area contributed by atoms with E-state index in [4.69, 9.17) is 0 Å². The summed E-state index contributed by atoms with van der Waals surface area (Å²) in [7, 11) is 4.30. The first-order valence-electron chi connectivity index (χ1n) is 8.17. The molecule has 0 aliphatic carbocycles. The van der Waals surface area contributed by atoms with E-state index in [0.717, 1.165) is 0 Å². The van der Waals surface area contributed by atoms with Crippen LogP contribution in [-0.2, 0) is 7.05 Å². The molecule has 3 heteroatoms. The number of anilines is 1. The first-order chi connectivity index (χ1) is 11.5. The SMILES string of the molecule is Cc1cc(C)c2c(c1)S/C(=C\c1ccc3ccccc3[n+]1C)N2C. The quantitative estimate of drug-likeness (QED) is 0.589. The summed E-state index contributed by atoms with van der Waals surface area (Å²) in [5.41, 5.74) is 6.46. The second-order valence-electron chi connectivity index (χ2n) is 6.45. The molecule has 0 unspecified atom stereocenters. The molecule has 120 valence electrons. The van der Waals surface area contributed by atoms with Crippen molar-refractivity contribution >= 4 is 34.4 Å². The minimum atomic E-state index is 1.21. The van der Waals surface area contributed by atoms with Crippen LogP contribution >= 0.6 is 11.8 Å². The number of para-hydroxylation sites is 1. The van der Waals surface area contributed by atoms with Gasteiger partial charge in [-0.1, -0.05) is 30.0 Å². The van der Waals surface area contributed by atoms with Gasteiger partial charge in [0.2, 0.25) is 11.2 Å². The topological polar surface area (TPSA) is 7.12 Å². The maximum atomic E-state index is 2.31. The zero-order chi connectivity index (χ0) is 16.8. The lowest BCUT2D eigenvalue weighted by molar-refractivity contribution is -0.646. The zero-order valence-corrected chi connectivity index (χ0v) is 15.3. The molecule has 2 heterocycles. The molecule has 1 aliphatic rings. The number of nitrogens with zero attached hydrogens (tertiary/aromatic N) is 2. The largest absolute Gasteiger partial charge is 0.338 e. The standard InChI is InChI=1S/C21H21N2S/c1-14-11-15(2)21-19(12-14)24-20(23(21)4)13-17-10-9-16-7-5-6-8-18(16)22(17)3/h5-13H,1-4H3/q+1. The minimum absolute atomic E-state index is 1.21. The predicted molar refractivity (Wildman–Crippen MR) is 103 cm³/mol. The Kier molecular flexibility index (Phi) is 3.61. The molecule has 2 nitrogen and oxygen atoms in total. The maximum absolute atomic E-state index is 2.31. The number of hydrogen-bond donors (Lipinski definition) is 0. The van der Waals surface area contributed by atoms with Crippen molar-refractivity contribution in [1.29, 1.82) is 0 Å². The van der Waals surface area contributed by atoms with Crippen LogP contribution in [-0.4, -0.2) is 7.05 Å². The lowest BCUT2D eigenvalue weighted by atomic mass is 10.1. The van der Waals surface area contributed by atoms with E-state index < -0.39 is 0 Å². The monoisotopic (exact) mass is 333 g/mol. The number of thioether (sulfide) groups is 1. The highest BCUT2D eigenvalue weighted by molar-refractivity contribution is 8.03. The van der Waals surface area contributed by atoms with E-state index in [1.54, 1.807) is 0 Å². The fraction of sp³-hybridized carbons (Fsp3) is 0.190. The summed E-state index contributed by atoms with van der Waals surface area (Å²) in [6.07, 6.45) is 2.28. The summed E-state index contributed by atoms with van der Waals surface area (Å²) in [5, 5.41) is 2.54. The van der Waals surface area contributed by atoms with Crippen LogP contribution in [0.2, 0.25) is 0 Å². The van der Waals surface area contributed by atoms with E-state index in [1.807, 2.05) is 11.8 Å². The molecular formula is C21H21N2S+. The van der Waals surface area contributed by atoms with Gasteiger partial charge in [-0.25, -0.2) is 0 Å². The zero-order valence-electron chi connectivity index (χ0n) is 14.5. The van der Waals surface area contributed by atoms with Gasteiger partial charge in [-0.3, -0.25) is 0 Å². The number of aryl methyl sites for hydroxylation is 3. The number of rotatable bonds is 1. The van der Waals surface area contributed by atoms with Gasteiger partial charge in [0.15, 0.2) is 0 Å². The lowest BCUT2D eigenvalue weighted by Gasteiger charge is -2.15. The molecule has 0 N–H and O–H groups in total. The van der Waals surface area contributed by atoms with E-state index in [-0.39, 0.29) is 0 Å². The van der Waals surface area contributed by atoms with Crippen LogP contribution < -0.4 is 9.47 Å². The fourth-order valence-electron chi connectivity index (χ4n) is 3.48. The number of hydrogen-bond acceptors (Lipinski definition) is 2. The van der Waals surface area contributed by atoms with E-state index >= 15 is 0 Å². The molecule has 4 rings (SSSR count). The summed E-state index contributed by atoms with van der Waals surface area (Å²) in [6, 6.07) is 17.4. The highest BCUT2D eigenvalue weighted by Crippen LogP contribution is 2.47. The maximum Gasteiger partial charge on any atom is 0.212 e. The van der Waals surface area contributed by atoms with Crippen molar-refractivity contribution in [3.63, 3.8) is 0 Å². The van der Waals surface area contributed by atoms with Crippen LogP contribution in [0.5, 0.6) is 0 Å². The van der Waals surface area contributed by atoms with Crippen LogP contribution in [0.25, 0.3) is 17.0 Å². The molecule has 0 saturated carbocycles. The summed E-state index contributed by atoms with van der Waals surface area (Å²) in [6.45, 7) is 4.36. The molecule has 0 atom stereocenters. The Morgan fingerprint density at radius 1 is 1.04 bits per heavy atom. The predicted octanol–water partition coefficient (Wildman–Crippen LogP) is 4.82. The first-order valence-corrected chi connectivity index (χ1v) is 8.98. The summed E-state index contributed by atoms with van der Waals surface area (Å²) in [5.74, 6) is 0. The van der Waals surface area contributed by atoms with Gasteiger partial charge in [0.1, 0.15) is 7.05 Å². The van der Waals surface area contributed by atoms with Crippen LogP contribution in [0.4, 0.5) is 5.69 Å². The number of benzene rings is 2. The minimum Gasteiger partial charge on any atom is -0.338 e. The third kappa shape index (κ3) is 2.40. The van der Waals surface area contributed by atoms with E-state index in [1.165, 1.54) is 43.3 Å². The third-order valence-corrected chi connectivity index (χ3v) is 5.81. The molecule has 0 amide bonds. The average Bonchev–Trinajstić information content (AvgIpc) is 2.86. The van der Waals surface area contributed by atoms with Crippen molar-refractivity contribution < 1.29 is 4.57 Å². The van der Waals surface area contributed by atoms with Gasteiger partial charge in [0.05, 0.1) is 10.7 Å².